The molecule has 2 aromatic carbocycles. The lowest BCUT2D eigenvalue weighted by Gasteiger charge is -2.32. The van der Waals surface area contributed by atoms with E-state index in [2.05, 4.69) is 0 Å². The summed E-state index contributed by atoms with van der Waals surface area (Å²) < 4.78 is 27.5. The molecule has 1 aliphatic rings. The molecule has 1 fully saturated rings. The zero-order valence-corrected chi connectivity index (χ0v) is 18.1. The Labute approximate surface area is 183 Å². The number of benzene rings is 2. The minimum Gasteiger partial charge on any atom is -0.478 e. The first-order chi connectivity index (χ1) is 14.4. The molecule has 3 rings (SSSR count). The van der Waals surface area contributed by atoms with Crippen molar-refractivity contribution in [1.82, 2.24) is 0 Å². The van der Waals surface area contributed by atoms with Crippen LogP contribution in [0.15, 0.2) is 48.2 Å². The molecule has 0 aliphatic carbocycles. The van der Waals surface area contributed by atoms with Crippen molar-refractivity contribution in [2.75, 3.05) is 0 Å². The van der Waals surface area contributed by atoms with Crippen LogP contribution in [0.3, 0.4) is 0 Å². The maximum absolute atomic E-state index is 15.9. The predicted molar refractivity (Wildman–Crippen MR) is 115 cm³/mol. The van der Waals surface area contributed by atoms with Crippen LogP contribution in [0.5, 0.6) is 0 Å². The molecule has 1 N–H and O–H groups in total. The third-order valence-electron chi connectivity index (χ3n) is 5.56. The molecule has 0 bridgehead atoms. The third kappa shape index (κ3) is 4.21. The molecule has 0 aromatic heterocycles. The quantitative estimate of drug-likeness (QED) is 0.379. The van der Waals surface area contributed by atoms with Crippen LogP contribution in [0.25, 0.3) is 5.57 Å². The number of carboxylic acid groups (broad SMARTS) is 1. The summed E-state index contributed by atoms with van der Waals surface area (Å²) >= 11 is 5.91. The van der Waals surface area contributed by atoms with Crippen LogP contribution in [0.2, 0.25) is 5.02 Å². The van der Waals surface area contributed by atoms with Gasteiger partial charge in [-0.3, -0.25) is 10.1 Å². The number of aromatic carboxylic acids is 1. The van der Waals surface area contributed by atoms with E-state index in [1.807, 2.05) is 0 Å². The molecule has 0 spiro atoms. The Balaban J connectivity index is 2.29. The predicted octanol–water partition coefficient (Wildman–Crippen LogP) is 5.31. The fourth-order valence-corrected chi connectivity index (χ4v) is 3.37. The zero-order valence-electron chi connectivity index (χ0n) is 17.3. The van der Waals surface area contributed by atoms with E-state index >= 15 is 4.39 Å². The first-order valence-corrected chi connectivity index (χ1v) is 9.76. The number of halogens is 2. The van der Waals surface area contributed by atoms with E-state index < -0.39 is 40.6 Å². The van der Waals surface area contributed by atoms with Gasteiger partial charge in [0.05, 0.1) is 21.7 Å². The van der Waals surface area contributed by atoms with Crippen LogP contribution in [-0.4, -0.2) is 34.3 Å². The second-order valence-electron chi connectivity index (χ2n) is 8.09. The average molecular weight is 448 g/mol. The van der Waals surface area contributed by atoms with Gasteiger partial charge in [-0.2, -0.15) is 0 Å². The van der Waals surface area contributed by atoms with Crippen molar-refractivity contribution in [3.63, 3.8) is 0 Å². The molecule has 2 aromatic rings. The number of nitro groups is 1. The number of rotatable bonds is 5. The van der Waals surface area contributed by atoms with Crippen LogP contribution < -0.4 is 0 Å². The minimum absolute atomic E-state index is 0.0267. The summed E-state index contributed by atoms with van der Waals surface area (Å²) in [6.45, 7) is 6.99. The number of nitro benzene ring substituents is 1. The van der Waals surface area contributed by atoms with Crippen molar-refractivity contribution >= 4 is 35.9 Å². The standard InChI is InChI=1S/C21H20BClFNO6/c1-20(2)21(3,4)31-22(30-20)18(24)17(13-7-5-6-8-14(13)19(26)27)12-9-10-15(23)16(11-12)25(28)29/h5-11H,1-4H3,(H,26,27). The summed E-state index contributed by atoms with van der Waals surface area (Å²) in [4.78, 5) is 22.5. The molecule has 1 aliphatic heterocycles. The van der Waals surface area contributed by atoms with Gasteiger partial charge < -0.3 is 14.4 Å². The molecule has 0 unspecified atom stereocenters. The highest BCUT2D eigenvalue weighted by Crippen LogP contribution is 2.42. The monoisotopic (exact) mass is 447 g/mol. The van der Waals surface area contributed by atoms with Crippen LogP contribution in [0.4, 0.5) is 10.1 Å². The highest BCUT2D eigenvalue weighted by molar-refractivity contribution is 6.55. The molecule has 0 saturated carbocycles. The van der Waals surface area contributed by atoms with Gasteiger partial charge in [-0.25, -0.2) is 9.18 Å². The Morgan fingerprint density at radius 3 is 2.16 bits per heavy atom. The van der Waals surface area contributed by atoms with Crippen molar-refractivity contribution in [3.8, 4) is 0 Å². The van der Waals surface area contributed by atoms with E-state index in [0.29, 0.717) is 0 Å². The summed E-state index contributed by atoms with van der Waals surface area (Å²) in [5.41, 5.74) is -3.30. The number of nitrogens with zero attached hydrogens (tertiary/aromatic N) is 1. The molecule has 162 valence electrons. The minimum atomic E-state index is -1.43. The molecule has 31 heavy (non-hydrogen) atoms. The Morgan fingerprint density at radius 2 is 1.65 bits per heavy atom. The van der Waals surface area contributed by atoms with Crippen molar-refractivity contribution in [3.05, 3.63) is 80.0 Å². The second kappa shape index (κ2) is 8.07. The SMILES string of the molecule is CC1(C)OB(C(F)=C(c2ccc(Cl)c([N+](=O)[O-])c2)c2ccccc2C(=O)O)OC1(C)C. The van der Waals surface area contributed by atoms with Gasteiger partial charge in [0, 0.05) is 11.6 Å². The molecule has 0 atom stereocenters. The van der Waals surface area contributed by atoms with Gasteiger partial charge in [0.25, 0.3) is 5.69 Å². The van der Waals surface area contributed by atoms with E-state index in [1.165, 1.54) is 30.3 Å². The normalized spacial score (nSPS) is 17.9. The lowest BCUT2D eigenvalue weighted by Crippen LogP contribution is -2.41. The molecular weight excluding hydrogens is 427 g/mol. The van der Waals surface area contributed by atoms with E-state index in [1.54, 1.807) is 33.8 Å². The number of carbonyl (C=O) groups is 1. The molecule has 7 nitrogen and oxygen atoms in total. The van der Waals surface area contributed by atoms with Crippen molar-refractivity contribution in [1.29, 1.82) is 0 Å². The summed E-state index contributed by atoms with van der Waals surface area (Å²) in [7, 11) is -1.43. The van der Waals surface area contributed by atoms with Gasteiger partial charge in [-0.05, 0) is 51.0 Å². The van der Waals surface area contributed by atoms with E-state index in [0.717, 1.165) is 6.07 Å². The lowest BCUT2D eigenvalue weighted by molar-refractivity contribution is -0.384. The van der Waals surface area contributed by atoms with E-state index in [4.69, 9.17) is 20.9 Å². The van der Waals surface area contributed by atoms with Gasteiger partial charge in [0.1, 0.15) is 10.7 Å². The van der Waals surface area contributed by atoms with Crippen molar-refractivity contribution in [2.45, 2.75) is 38.9 Å². The van der Waals surface area contributed by atoms with Crippen molar-refractivity contribution in [2.24, 2.45) is 0 Å². The zero-order chi connectivity index (χ0) is 23.1. The number of hydrogen-bond donors (Lipinski definition) is 1. The van der Waals surface area contributed by atoms with Gasteiger partial charge in [0.15, 0.2) is 0 Å². The summed E-state index contributed by atoms with van der Waals surface area (Å²) in [5, 5.41) is 20.9. The molecule has 1 saturated heterocycles. The molecule has 1 heterocycles. The van der Waals surface area contributed by atoms with Gasteiger partial charge in [-0.15, -0.1) is 0 Å². The highest BCUT2D eigenvalue weighted by Gasteiger charge is 2.53. The van der Waals surface area contributed by atoms with Crippen molar-refractivity contribution < 1.29 is 28.5 Å². The van der Waals surface area contributed by atoms with Crippen LogP contribution >= 0.6 is 11.6 Å². The first kappa shape index (κ1) is 22.9. The summed E-state index contributed by atoms with van der Waals surface area (Å²) in [5.74, 6) is -1.28. The van der Waals surface area contributed by atoms with E-state index in [-0.39, 0.29) is 27.3 Å². The van der Waals surface area contributed by atoms with Gasteiger partial charge in [0.2, 0.25) is 0 Å². The summed E-state index contributed by atoms with van der Waals surface area (Å²) in [6, 6.07) is 9.53. The molecule has 0 radical (unpaired) electrons. The average Bonchev–Trinajstić information content (AvgIpc) is 2.90. The third-order valence-corrected chi connectivity index (χ3v) is 5.88. The smallest absolute Gasteiger partial charge is 0.478 e. The topological polar surface area (TPSA) is 98.9 Å². The highest BCUT2D eigenvalue weighted by atomic mass is 35.5. The second-order valence-corrected chi connectivity index (χ2v) is 8.49. The first-order valence-electron chi connectivity index (χ1n) is 9.38. The fourth-order valence-electron chi connectivity index (χ4n) is 3.18. The Hall–Kier alpha value is -2.75. The van der Waals surface area contributed by atoms with Crippen LogP contribution in [0.1, 0.15) is 49.2 Å². The number of hydrogen-bond acceptors (Lipinski definition) is 5. The lowest BCUT2D eigenvalue weighted by atomic mass is 9.79. The molecule has 10 heteroatoms. The summed E-state index contributed by atoms with van der Waals surface area (Å²) in [6.07, 6.45) is 0. The van der Waals surface area contributed by atoms with Crippen LogP contribution in [0, 0.1) is 10.1 Å². The van der Waals surface area contributed by atoms with Gasteiger partial charge in [-0.1, -0.05) is 35.9 Å². The number of carboxylic acids is 1. The van der Waals surface area contributed by atoms with E-state index in [9.17, 15) is 20.0 Å². The Kier molecular flexibility index (Phi) is 5.97. The fraction of sp³-hybridized carbons (Fsp3) is 0.286. The molecular formula is C21H20BClFNO6. The maximum Gasteiger partial charge on any atom is 0.525 e. The van der Waals surface area contributed by atoms with Gasteiger partial charge >= 0.3 is 13.1 Å². The Morgan fingerprint density at radius 1 is 1.10 bits per heavy atom. The largest absolute Gasteiger partial charge is 0.525 e. The Bertz CT molecular complexity index is 1090. The van der Waals surface area contributed by atoms with Crippen LogP contribution in [-0.2, 0) is 9.31 Å². The molecule has 0 amide bonds. The maximum atomic E-state index is 15.9.